The summed E-state index contributed by atoms with van der Waals surface area (Å²) in [5.41, 5.74) is 2.43. The Kier molecular flexibility index (Phi) is 5.40. The Morgan fingerprint density at radius 3 is 2.70 bits per heavy atom. The van der Waals surface area contributed by atoms with Gasteiger partial charge in [-0.15, -0.1) is 10.2 Å². The van der Waals surface area contributed by atoms with E-state index in [9.17, 15) is 17.6 Å². The number of rotatable bonds is 4. The van der Waals surface area contributed by atoms with E-state index in [2.05, 4.69) is 20.1 Å². The average Bonchev–Trinajstić information content (AvgIpc) is 3.32. The molecule has 3 heterocycles. The molecule has 1 aromatic heterocycles. The fourth-order valence-electron chi connectivity index (χ4n) is 4.51. The summed E-state index contributed by atoms with van der Waals surface area (Å²) in [6.07, 6.45) is 5.80. The van der Waals surface area contributed by atoms with Crippen LogP contribution in [-0.4, -0.2) is 41.9 Å². The number of nitrogens with one attached hydrogen (secondary N) is 1. The molecule has 2 aliphatic heterocycles. The van der Waals surface area contributed by atoms with Crippen LogP contribution in [0.4, 0.5) is 15.8 Å². The van der Waals surface area contributed by atoms with Crippen molar-refractivity contribution in [3.63, 3.8) is 0 Å². The Morgan fingerprint density at radius 1 is 1.03 bits per heavy atom. The molecule has 1 N–H and O–H groups in total. The molecule has 0 saturated heterocycles. The lowest BCUT2D eigenvalue weighted by atomic mass is 10.1. The van der Waals surface area contributed by atoms with Crippen LogP contribution < -0.4 is 9.62 Å². The van der Waals surface area contributed by atoms with Crippen LogP contribution in [0.5, 0.6) is 0 Å². The number of hydrogen-bond donors (Lipinski definition) is 1. The Bertz CT molecular complexity index is 1350. The van der Waals surface area contributed by atoms with E-state index in [0.717, 1.165) is 49.9 Å². The van der Waals surface area contributed by atoms with Crippen molar-refractivity contribution in [2.45, 2.75) is 38.6 Å². The van der Waals surface area contributed by atoms with Gasteiger partial charge in [0.25, 0.3) is 5.91 Å². The van der Waals surface area contributed by atoms with Gasteiger partial charge in [0.1, 0.15) is 11.6 Å². The van der Waals surface area contributed by atoms with Crippen molar-refractivity contribution in [3.8, 4) is 11.4 Å². The molecular formula is C23H24FN5O3S. The molecule has 8 nitrogen and oxygen atoms in total. The number of benzene rings is 2. The van der Waals surface area contributed by atoms with E-state index in [0.29, 0.717) is 35.6 Å². The molecule has 1 amide bonds. The van der Waals surface area contributed by atoms with Crippen LogP contribution in [-0.2, 0) is 29.4 Å². The minimum Gasteiger partial charge on any atom is -0.319 e. The molecule has 33 heavy (non-hydrogen) atoms. The maximum atomic E-state index is 14.6. The van der Waals surface area contributed by atoms with E-state index in [1.807, 2.05) is 0 Å². The number of hydrogen-bond acceptors (Lipinski definition) is 5. The van der Waals surface area contributed by atoms with Crippen LogP contribution in [0.3, 0.4) is 0 Å². The fourth-order valence-corrected chi connectivity index (χ4v) is 5.47. The number of aromatic nitrogens is 3. The zero-order valence-corrected chi connectivity index (χ0v) is 19.0. The maximum Gasteiger partial charge on any atom is 0.255 e. The van der Waals surface area contributed by atoms with Crippen molar-refractivity contribution in [2.24, 2.45) is 0 Å². The number of fused-ring (bicyclic) bond motifs is 2. The third-order valence-corrected chi connectivity index (χ3v) is 7.36. The standard InChI is InChI=1S/C23H24FN5O3S/c1-33(31,32)29-12-10-15-13-17(7-9-20(15)29)23(30)25-19-14-16(6-8-18(19)24)22-27-26-21-5-3-2-4-11-28(21)22/h6-9,13-14H,2-5,10-12H2,1H3,(H,25,30). The first-order chi connectivity index (χ1) is 15.8. The van der Waals surface area contributed by atoms with Crippen LogP contribution in [0.15, 0.2) is 36.4 Å². The van der Waals surface area contributed by atoms with Gasteiger partial charge < -0.3 is 9.88 Å². The van der Waals surface area contributed by atoms with Crippen molar-refractivity contribution in [1.29, 1.82) is 0 Å². The first-order valence-electron chi connectivity index (χ1n) is 11.0. The fraction of sp³-hybridized carbons (Fsp3) is 0.348. The zero-order chi connectivity index (χ0) is 23.2. The summed E-state index contributed by atoms with van der Waals surface area (Å²) in [6, 6.07) is 9.37. The first-order valence-corrected chi connectivity index (χ1v) is 12.8. The highest BCUT2D eigenvalue weighted by atomic mass is 32.2. The van der Waals surface area contributed by atoms with Gasteiger partial charge in [0.05, 0.1) is 17.6 Å². The van der Waals surface area contributed by atoms with Crippen molar-refractivity contribution in [3.05, 3.63) is 59.2 Å². The topological polar surface area (TPSA) is 97.2 Å². The molecule has 0 unspecified atom stereocenters. The molecule has 0 atom stereocenters. The molecule has 0 fully saturated rings. The number of nitrogens with zero attached hydrogens (tertiary/aromatic N) is 4. The van der Waals surface area contributed by atoms with Crippen LogP contribution >= 0.6 is 0 Å². The number of carbonyl (C=O) groups is 1. The van der Waals surface area contributed by atoms with Crippen LogP contribution in [0.2, 0.25) is 0 Å². The zero-order valence-electron chi connectivity index (χ0n) is 18.2. The number of sulfonamides is 1. The summed E-state index contributed by atoms with van der Waals surface area (Å²) < 4.78 is 41.8. The molecular weight excluding hydrogens is 445 g/mol. The van der Waals surface area contributed by atoms with Crippen LogP contribution in [0.25, 0.3) is 11.4 Å². The number of anilines is 2. The second-order valence-electron chi connectivity index (χ2n) is 8.48. The number of halogens is 1. The molecule has 0 radical (unpaired) electrons. The largest absolute Gasteiger partial charge is 0.319 e. The Balaban J connectivity index is 1.41. The minimum absolute atomic E-state index is 0.0572. The lowest BCUT2D eigenvalue weighted by Gasteiger charge is -2.16. The van der Waals surface area contributed by atoms with Gasteiger partial charge >= 0.3 is 0 Å². The Hall–Kier alpha value is -3.27. The molecule has 0 aliphatic carbocycles. The minimum atomic E-state index is -3.37. The number of carbonyl (C=O) groups excluding carboxylic acids is 1. The van der Waals surface area contributed by atoms with Crippen molar-refractivity contribution in [1.82, 2.24) is 14.8 Å². The highest BCUT2D eigenvalue weighted by Gasteiger charge is 2.27. The van der Waals surface area contributed by atoms with Gasteiger partial charge in [0.2, 0.25) is 10.0 Å². The lowest BCUT2D eigenvalue weighted by molar-refractivity contribution is 0.102. The summed E-state index contributed by atoms with van der Waals surface area (Å²) in [4.78, 5) is 12.9. The maximum absolute atomic E-state index is 14.6. The van der Waals surface area contributed by atoms with Crippen LogP contribution in [0.1, 0.15) is 41.0 Å². The number of aryl methyl sites for hydroxylation is 1. The van der Waals surface area contributed by atoms with E-state index in [4.69, 9.17) is 0 Å². The highest BCUT2D eigenvalue weighted by molar-refractivity contribution is 7.92. The van der Waals surface area contributed by atoms with E-state index in [1.54, 1.807) is 30.3 Å². The van der Waals surface area contributed by atoms with Gasteiger partial charge in [-0.2, -0.15) is 0 Å². The highest BCUT2D eigenvalue weighted by Crippen LogP contribution is 2.31. The van der Waals surface area contributed by atoms with E-state index in [-0.39, 0.29) is 5.69 Å². The smallest absolute Gasteiger partial charge is 0.255 e. The molecule has 2 aromatic carbocycles. The summed E-state index contributed by atoms with van der Waals surface area (Å²) in [5, 5.41) is 11.3. The second-order valence-corrected chi connectivity index (χ2v) is 10.4. The third kappa shape index (κ3) is 4.10. The Labute approximate surface area is 191 Å². The molecule has 172 valence electrons. The van der Waals surface area contributed by atoms with Crippen molar-refractivity contribution < 1.29 is 17.6 Å². The number of amides is 1. The Morgan fingerprint density at radius 2 is 1.88 bits per heavy atom. The molecule has 0 bridgehead atoms. The summed E-state index contributed by atoms with van der Waals surface area (Å²) in [5.74, 6) is 0.582. The second kappa shape index (κ2) is 8.26. The average molecular weight is 470 g/mol. The quantitative estimate of drug-likeness (QED) is 0.632. The predicted molar refractivity (Wildman–Crippen MR) is 123 cm³/mol. The molecule has 0 saturated carbocycles. The monoisotopic (exact) mass is 469 g/mol. The van der Waals surface area contributed by atoms with Gasteiger partial charge in [-0.3, -0.25) is 9.10 Å². The molecule has 0 spiro atoms. The molecule has 5 rings (SSSR count). The van der Waals surface area contributed by atoms with Gasteiger partial charge in [-0.05, 0) is 61.2 Å². The van der Waals surface area contributed by atoms with E-state index in [1.165, 1.54) is 10.4 Å². The third-order valence-electron chi connectivity index (χ3n) is 6.18. The van der Waals surface area contributed by atoms with Gasteiger partial charge in [-0.1, -0.05) is 6.42 Å². The molecule has 2 aliphatic rings. The predicted octanol–water partition coefficient (Wildman–Crippen LogP) is 3.39. The van der Waals surface area contributed by atoms with Gasteiger partial charge in [0, 0.05) is 30.6 Å². The van der Waals surface area contributed by atoms with Gasteiger partial charge in [0.15, 0.2) is 5.82 Å². The normalized spacial score (nSPS) is 15.6. The first kappa shape index (κ1) is 21.6. The summed E-state index contributed by atoms with van der Waals surface area (Å²) in [6.45, 7) is 1.16. The van der Waals surface area contributed by atoms with Crippen LogP contribution in [0, 0.1) is 5.82 Å². The molecule has 3 aromatic rings. The van der Waals surface area contributed by atoms with Gasteiger partial charge in [-0.25, -0.2) is 12.8 Å². The summed E-state index contributed by atoms with van der Waals surface area (Å²) >= 11 is 0. The van der Waals surface area contributed by atoms with E-state index < -0.39 is 21.7 Å². The van der Waals surface area contributed by atoms with Crippen molar-refractivity contribution in [2.75, 3.05) is 22.4 Å². The SMILES string of the molecule is CS(=O)(=O)N1CCc2cc(C(=O)Nc3cc(-c4nnc5n4CCCCC5)ccc3F)ccc21. The lowest BCUT2D eigenvalue weighted by Crippen LogP contribution is -2.27. The van der Waals surface area contributed by atoms with E-state index >= 15 is 0 Å². The van der Waals surface area contributed by atoms with Crippen molar-refractivity contribution >= 4 is 27.3 Å². The summed E-state index contributed by atoms with van der Waals surface area (Å²) in [7, 11) is -3.37. The molecule has 10 heteroatoms.